The fraction of sp³-hybridized carbons (Fsp3) is 0.364. The van der Waals surface area contributed by atoms with Crippen molar-refractivity contribution in [1.29, 1.82) is 0 Å². The van der Waals surface area contributed by atoms with Gasteiger partial charge in [-0.05, 0) is 12.5 Å². The second-order valence-electron chi connectivity index (χ2n) is 4.30. The van der Waals surface area contributed by atoms with E-state index in [2.05, 4.69) is 15.6 Å². The number of rotatable bonds is 2. The third-order valence-corrected chi connectivity index (χ3v) is 2.79. The number of carbonyl (C=O) groups is 2. The molecule has 0 saturated carbocycles. The fourth-order valence-corrected chi connectivity index (χ4v) is 1.76. The lowest BCUT2D eigenvalue weighted by atomic mass is 10.1. The third-order valence-electron chi connectivity index (χ3n) is 2.79. The van der Waals surface area contributed by atoms with Crippen molar-refractivity contribution in [2.75, 3.05) is 11.1 Å². The molecule has 1 fully saturated rings. The zero-order valence-electron chi connectivity index (χ0n) is 10.1. The lowest BCUT2D eigenvalue weighted by Gasteiger charge is -2.23. The molecule has 1 aliphatic rings. The van der Waals surface area contributed by atoms with Crippen molar-refractivity contribution in [2.24, 2.45) is 0 Å². The maximum atomic E-state index is 12.6. The highest BCUT2D eigenvalue weighted by atomic mass is 19.4. The lowest BCUT2D eigenvalue weighted by molar-refractivity contribution is -0.141. The van der Waals surface area contributed by atoms with Gasteiger partial charge in [0.1, 0.15) is 11.7 Å². The second kappa shape index (κ2) is 4.99. The number of hydrogen-bond donors (Lipinski definition) is 3. The van der Waals surface area contributed by atoms with E-state index in [1.165, 1.54) is 0 Å². The first-order valence-electron chi connectivity index (χ1n) is 5.70. The number of nitrogens with one attached hydrogen (secondary N) is 2. The van der Waals surface area contributed by atoms with Crippen molar-refractivity contribution >= 4 is 23.2 Å². The summed E-state index contributed by atoms with van der Waals surface area (Å²) in [6, 6.07) is -0.0718. The Labute approximate surface area is 111 Å². The third kappa shape index (κ3) is 2.98. The van der Waals surface area contributed by atoms with E-state index in [0.29, 0.717) is 0 Å². The molecule has 4 N–H and O–H groups in total. The second-order valence-corrected chi connectivity index (χ2v) is 4.30. The molecule has 1 aromatic heterocycles. The molecular formula is C11H11F3N4O2. The molecule has 1 unspecified atom stereocenters. The van der Waals surface area contributed by atoms with Gasteiger partial charge in [0.25, 0.3) is 0 Å². The maximum Gasteiger partial charge on any atom is 0.433 e. The van der Waals surface area contributed by atoms with Gasteiger partial charge in [-0.25, -0.2) is 4.98 Å². The van der Waals surface area contributed by atoms with E-state index in [0.717, 1.165) is 12.3 Å². The number of hydrogen-bond acceptors (Lipinski definition) is 5. The van der Waals surface area contributed by atoms with Crippen LogP contribution in [0.1, 0.15) is 18.5 Å². The van der Waals surface area contributed by atoms with E-state index in [4.69, 9.17) is 5.73 Å². The van der Waals surface area contributed by atoms with E-state index in [1.807, 2.05) is 0 Å². The Morgan fingerprint density at radius 3 is 2.70 bits per heavy atom. The molecule has 0 bridgehead atoms. The molecule has 6 nitrogen and oxygen atoms in total. The normalized spacial score (nSPS) is 19.6. The van der Waals surface area contributed by atoms with Gasteiger partial charge in [0.2, 0.25) is 11.8 Å². The summed E-state index contributed by atoms with van der Waals surface area (Å²) < 4.78 is 37.7. The van der Waals surface area contributed by atoms with Crippen LogP contribution in [0.25, 0.3) is 0 Å². The predicted molar refractivity (Wildman–Crippen MR) is 63.4 cm³/mol. The number of amides is 2. The van der Waals surface area contributed by atoms with Crippen molar-refractivity contribution in [3.63, 3.8) is 0 Å². The van der Waals surface area contributed by atoms with Gasteiger partial charge in [-0.2, -0.15) is 13.2 Å². The van der Waals surface area contributed by atoms with Gasteiger partial charge in [-0.3, -0.25) is 14.9 Å². The minimum atomic E-state index is -4.60. The molecule has 0 aliphatic carbocycles. The lowest BCUT2D eigenvalue weighted by Crippen LogP contribution is -2.47. The van der Waals surface area contributed by atoms with E-state index >= 15 is 0 Å². The van der Waals surface area contributed by atoms with Crippen LogP contribution in [0.2, 0.25) is 0 Å². The summed E-state index contributed by atoms with van der Waals surface area (Å²) in [6.07, 6.45) is -3.43. The molecule has 2 rings (SSSR count). The topological polar surface area (TPSA) is 97.1 Å². The van der Waals surface area contributed by atoms with Gasteiger partial charge in [0, 0.05) is 6.42 Å². The van der Waals surface area contributed by atoms with E-state index in [1.54, 1.807) is 0 Å². The Bertz CT molecular complexity index is 559. The van der Waals surface area contributed by atoms with Crippen molar-refractivity contribution < 1.29 is 22.8 Å². The number of pyridine rings is 1. The predicted octanol–water partition coefficient (Wildman–Crippen LogP) is 0.900. The average Bonchev–Trinajstić information content (AvgIpc) is 2.33. The number of aromatic nitrogens is 1. The van der Waals surface area contributed by atoms with Gasteiger partial charge in [-0.15, -0.1) is 0 Å². The van der Waals surface area contributed by atoms with E-state index in [-0.39, 0.29) is 24.2 Å². The minimum Gasteiger partial charge on any atom is -0.396 e. The van der Waals surface area contributed by atoms with Crippen molar-refractivity contribution in [2.45, 2.75) is 25.1 Å². The van der Waals surface area contributed by atoms with Crippen LogP contribution < -0.4 is 16.4 Å². The SMILES string of the molecule is Nc1cnc(C(F)(F)F)cc1NC1CCC(=O)NC1=O. The Kier molecular flexibility index (Phi) is 3.51. The molecular weight excluding hydrogens is 277 g/mol. The molecule has 0 spiro atoms. The van der Waals surface area contributed by atoms with Crippen LogP contribution in [0.3, 0.4) is 0 Å². The van der Waals surface area contributed by atoms with Gasteiger partial charge >= 0.3 is 6.18 Å². The van der Waals surface area contributed by atoms with E-state index in [9.17, 15) is 22.8 Å². The molecule has 1 atom stereocenters. The Hall–Kier alpha value is -2.32. The number of nitrogen functional groups attached to an aromatic ring is 1. The number of anilines is 2. The van der Waals surface area contributed by atoms with Crippen LogP contribution in [-0.2, 0) is 15.8 Å². The monoisotopic (exact) mass is 288 g/mol. The standard InChI is InChI=1S/C11H11F3N4O2/c12-11(13,14)8-3-7(5(15)4-16-8)17-6-1-2-9(19)18-10(6)20/h3-4,6H,1-2,15H2,(H,16,17)(H,18,19,20). The summed E-state index contributed by atoms with van der Waals surface area (Å²) in [5, 5.41) is 4.70. The van der Waals surface area contributed by atoms with Crippen LogP contribution in [0.15, 0.2) is 12.3 Å². The Morgan fingerprint density at radius 1 is 1.40 bits per heavy atom. The number of halogens is 3. The van der Waals surface area contributed by atoms with Gasteiger partial charge in [-0.1, -0.05) is 0 Å². The van der Waals surface area contributed by atoms with Gasteiger partial charge in [0.05, 0.1) is 17.6 Å². The first kappa shape index (κ1) is 14.1. The summed E-state index contributed by atoms with van der Waals surface area (Å²) in [5.74, 6) is -1.00. The molecule has 0 radical (unpaired) electrons. The molecule has 108 valence electrons. The summed E-state index contributed by atoms with van der Waals surface area (Å²) >= 11 is 0. The highest BCUT2D eigenvalue weighted by molar-refractivity contribution is 6.01. The smallest absolute Gasteiger partial charge is 0.396 e. The van der Waals surface area contributed by atoms with Crippen molar-refractivity contribution in [3.05, 3.63) is 18.0 Å². The fourth-order valence-electron chi connectivity index (χ4n) is 1.76. The zero-order valence-corrected chi connectivity index (χ0v) is 10.1. The molecule has 1 aromatic rings. The van der Waals surface area contributed by atoms with Gasteiger partial charge in [0.15, 0.2) is 0 Å². The molecule has 9 heteroatoms. The summed E-state index contributed by atoms with van der Waals surface area (Å²) in [4.78, 5) is 25.7. The number of imide groups is 1. The first-order valence-corrected chi connectivity index (χ1v) is 5.70. The number of nitrogens with zero attached hydrogens (tertiary/aromatic N) is 1. The average molecular weight is 288 g/mol. The summed E-state index contributed by atoms with van der Waals surface area (Å²) in [7, 11) is 0. The van der Waals surface area contributed by atoms with Crippen molar-refractivity contribution in [3.8, 4) is 0 Å². The molecule has 1 saturated heterocycles. The Balaban J connectivity index is 2.21. The summed E-state index contributed by atoms with van der Waals surface area (Å²) in [5.41, 5.74) is 4.37. The minimum absolute atomic E-state index is 0.0114. The summed E-state index contributed by atoms with van der Waals surface area (Å²) in [6.45, 7) is 0. The zero-order chi connectivity index (χ0) is 14.9. The van der Waals surface area contributed by atoms with Crippen LogP contribution in [0.4, 0.5) is 24.5 Å². The largest absolute Gasteiger partial charge is 0.433 e. The molecule has 1 aliphatic heterocycles. The van der Waals surface area contributed by atoms with Crippen LogP contribution >= 0.6 is 0 Å². The molecule has 2 heterocycles. The quantitative estimate of drug-likeness (QED) is 0.702. The van der Waals surface area contributed by atoms with E-state index < -0.39 is 29.7 Å². The first-order chi connectivity index (χ1) is 9.27. The number of carbonyl (C=O) groups excluding carboxylic acids is 2. The van der Waals surface area contributed by atoms with Gasteiger partial charge < -0.3 is 11.1 Å². The van der Waals surface area contributed by atoms with Crippen LogP contribution in [0, 0.1) is 0 Å². The molecule has 20 heavy (non-hydrogen) atoms. The van der Waals surface area contributed by atoms with Crippen LogP contribution in [0.5, 0.6) is 0 Å². The maximum absolute atomic E-state index is 12.6. The highest BCUT2D eigenvalue weighted by Gasteiger charge is 2.33. The van der Waals surface area contributed by atoms with Crippen molar-refractivity contribution in [1.82, 2.24) is 10.3 Å². The number of nitrogens with two attached hydrogens (primary N) is 1. The Morgan fingerprint density at radius 2 is 2.10 bits per heavy atom. The number of alkyl halides is 3. The molecule has 0 aromatic carbocycles. The van der Waals surface area contributed by atoms with Crippen LogP contribution in [-0.4, -0.2) is 22.8 Å². The number of piperidine rings is 1. The highest BCUT2D eigenvalue weighted by Crippen LogP contribution is 2.31. The molecule has 2 amide bonds.